The Morgan fingerprint density at radius 3 is 2.57 bits per heavy atom. The van der Waals surface area contributed by atoms with Crippen molar-refractivity contribution in [1.82, 2.24) is 10.3 Å². The van der Waals surface area contributed by atoms with Crippen molar-refractivity contribution in [2.24, 2.45) is 0 Å². The molecule has 0 saturated carbocycles. The first-order valence-electron chi connectivity index (χ1n) is 7.54. The van der Waals surface area contributed by atoms with Gasteiger partial charge >= 0.3 is 0 Å². The fourth-order valence-electron chi connectivity index (χ4n) is 2.39. The van der Waals surface area contributed by atoms with Gasteiger partial charge in [0.05, 0.1) is 18.8 Å². The number of carbonyl (C=O) groups is 1. The van der Waals surface area contributed by atoms with Gasteiger partial charge in [0.2, 0.25) is 0 Å². The summed E-state index contributed by atoms with van der Waals surface area (Å²) < 4.78 is 5.32. The second-order valence-corrected chi connectivity index (χ2v) is 5.75. The predicted molar refractivity (Wildman–Crippen MR) is 89.9 cm³/mol. The number of amides is 1. The molecule has 1 aliphatic heterocycles. The monoisotopic (exact) mass is 331 g/mol. The van der Waals surface area contributed by atoms with Gasteiger partial charge in [0.25, 0.3) is 5.91 Å². The maximum atomic E-state index is 12.2. The van der Waals surface area contributed by atoms with Crippen LogP contribution in [-0.2, 0) is 11.3 Å². The highest BCUT2D eigenvalue weighted by Crippen LogP contribution is 2.13. The summed E-state index contributed by atoms with van der Waals surface area (Å²) in [6.45, 7) is 3.54. The number of pyridine rings is 1. The van der Waals surface area contributed by atoms with Crippen molar-refractivity contribution in [3.63, 3.8) is 0 Å². The first kappa shape index (κ1) is 15.8. The maximum Gasteiger partial charge on any atom is 0.253 e. The molecule has 1 saturated heterocycles. The molecule has 120 valence electrons. The fraction of sp³-hybridized carbons (Fsp3) is 0.294. The topological polar surface area (TPSA) is 54.5 Å². The molecular formula is C17H18ClN3O2. The van der Waals surface area contributed by atoms with Gasteiger partial charge in [-0.1, -0.05) is 23.7 Å². The highest BCUT2D eigenvalue weighted by atomic mass is 35.5. The van der Waals surface area contributed by atoms with Gasteiger partial charge < -0.3 is 15.0 Å². The normalized spacial score (nSPS) is 14.6. The molecule has 0 bridgehead atoms. The van der Waals surface area contributed by atoms with E-state index in [9.17, 15) is 4.79 Å². The van der Waals surface area contributed by atoms with E-state index in [0.717, 1.165) is 24.5 Å². The van der Waals surface area contributed by atoms with Gasteiger partial charge in [0.1, 0.15) is 5.82 Å². The lowest BCUT2D eigenvalue weighted by Crippen LogP contribution is -2.36. The van der Waals surface area contributed by atoms with Crippen LogP contribution in [0.3, 0.4) is 0 Å². The molecule has 1 fully saturated rings. The molecule has 0 radical (unpaired) electrons. The smallest absolute Gasteiger partial charge is 0.253 e. The number of aromatic nitrogens is 1. The van der Waals surface area contributed by atoms with E-state index in [1.807, 2.05) is 30.3 Å². The van der Waals surface area contributed by atoms with E-state index in [-0.39, 0.29) is 5.91 Å². The largest absolute Gasteiger partial charge is 0.378 e. The molecule has 0 atom stereocenters. The van der Waals surface area contributed by atoms with Crippen LogP contribution in [0.1, 0.15) is 15.9 Å². The van der Waals surface area contributed by atoms with Crippen LogP contribution in [0.15, 0.2) is 42.6 Å². The highest BCUT2D eigenvalue weighted by Gasteiger charge is 2.13. The average Bonchev–Trinajstić information content (AvgIpc) is 2.62. The average molecular weight is 332 g/mol. The van der Waals surface area contributed by atoms with Gasteiger partial charge in [-0.05, 0) is 29.8 Å². The molecule has 0 aliphatic carbocycles. The molecule has 1 aliphatic rings. The summed E-state index contributed by atoms with van der Waals surface area (Å²) in [7, 11) is 0. The summed E-state index contributed by atoms with van der Waals surface area (Å²) in [4.78, 5) is 18.7. The predicted octanol–water partition coefficient (Wildman–Crippen LogP) is 2.50. The zero-order chi connectivity index (χ0) is 16.1. The van der Waals surface area contributed by atoms with Gasteiger partial charge in [-0.3, -0.25) is 4.79 Å². The standard InChI is InChI=1S/C17H18ClN3O2/c18-15-4-1-13(2-5-15)11-20-17(22)14-3-6-16(19-12-14)21-7-9-23-10-8-21/h1-6,12H,7-11H2,(H,20,22). The van der Waals surface area contributed by atoms with E-state index >= 15 is 0 Å². The Morgan fingerprint density at radius 1 is 1.17 bits per heavy atom. The molecule has 5 nitrogen and oxygen atoms in total. The number of halogens is 1. The summed E-state index contributed by atoms with van der Waals surface area (Å²) in [6, 6.07) is 11.1. The molecule has 3 rings (SSSR count). The van der Waals surface area contributed by atoms with Crippen molar-refractivity contribution in [1.29, 1.82) is 0 Å². The lowest BCUT2D eigenvalue weighted by atomic mass is 10.2. The number of nitrogens with one attached hydrogen (secondary N) is 1. The number of rotatable bonds is 4. The summed E-state index contributed by atoms with van der Waals surface area (Å²) >= 11 is 5.84. The van der Waals surface area contributed by atoms with Crippen molar-refractivity contribution < 1.29 is 9.53 Å². The lowest BCUT2D eigenvalue weighted by molar-refractivity contribution is 0.0950. The Labute approximate surface area is 140 Å². The van der Waals surface area contributed by atoms with Gasteiger partial charge in [-0.2, -0.15) is 0 Å². The van der Waals surface area contributed by atoms with E-state index in [0.29, 0.717) is 30.3 Å². The van der Waals surface area contributed by atoms with Gasteiger partial charge in [0, 0.05) is 30.9 Å². The van der Waals surface area contributed by atoms with Gasteiger partial charge in [-0.15, -0.1) is 0 Å². The Morgan fingerprint density at radius 2 is 1.91 bits per heavy atom. The molecule has 2 aromatic rings. The van der Waals surface area contributed by atoms with Crippen LogP contribution in [0.25, 0.3) is 0 Å². The first-order chi connectivity index (χ1) is 11.2. The lowest BCUT2D eigenvalue weighted by Gasteiger charge is -2.27. The number of carbonyl (C=O) groups excluding carboxylic acids is 1. The van der Waals surface area contributed by atoms with Gasteiger partial charge in [-0.25, -0.2) is 4.98 Å². The third-order valence-corrected chi connectivity index (χ3v) is 3.96. The SMILES string of the molecule is O=C(NCc1ccc(Cl)cc1)c1ccc(N2CCOCC2)nc1. The number of morpholine rings is 1. The molecule has 1 aromatic carbocycles. The molecule has 0 spiro atoms. The van der Waals surface area contributed by atoms with Crippen LogP contribution >= 0.6 is 11.6 Å². The number of hydrogen-bond donors (Lipinski definition) is 1. The highest BCUT2D eigenvalue weighted by molar-refractivity contribution is 6.30. The molecule has 2 heterocycles. The van der Waals surface area contributed by atoms with E-state index in [1.165, 1.54) is 0 Å². The van der Waals surface area contributed by atoms with Crippen molar-refractivity contribution in [2.75, 3.05) is 31.2 Å². The van der Waals surface area contributed by atoms with Crippen LogP contribution in [-0.4, -0.2) is 37.2 Å². The number of nitrogens with zero attached hydrogens (tertiary/aromatic N) is 2. The van der Waals surface area contributed by atoms with Crippen LogP contribution in [0.2, 0.25) is 5.02 Å². The summed E-state index contributed by atoms with van der Waals surface area (Å²) in [6.07, 6.45) is 1.61. The third-order valence-electron chi connectivity index (χ3n) is 3.71. The Kier molecular flexibility index (Phi) is 5.10. The molecule has 1 N–H and O–H groups in total. The minimum atomic E-state index is -0.138. The van der Waals surface area contributed by atoms with E-state index in [1.54, 1.807) is 12.3 Å². The summed E-state index contributed by atoms with van der Waals surface area (Å²) in [5.74, 6) is 0.739. The quantitative estimate of drug-likeness (QED) is 0.935. The number of anilines is 1. The van der Waals surface area contributed by atoms with Crippen molar-refractivity contribution >= 4 is 23.3 Å². The van der Waals surface area contributed by atoms with E-state index in [4.69, 9.17) is 16.3 Å². The molecule has 23 heavy (non-hydrogen) atoms. The molecule has 1 aromatic heterocycles. The van der Waals surface area contributed by atoms with E-state index in [2.05, 4.69) is 15.2 Å². The van der Waals surface area contributed by atoms with Crippen molar-refractivity contribution in [3.8, 4) is 0 Å². The number of ether oxygens (including phenoxy) is 1. The molecule has 6 heteroatoms. The third kappa shape index (κ3) is 4.21. The Bertz CT molecular complexity index is 653. The second kappa shape index (κ2) is 7.44. The van der Waals surface area contributed by atoms with Crippen LogP contribution < -0.4 is 10.2 Å². The minimum absolute atomic E-state index is 0.138. The fourth-order valence-corrected chi connectivity index (χ4v) is 2.51. The van der Waals surface area contributed by atoms with Gasteiger partial charge in [0.15, 0.2) is 0 Å². The number of hydrogen-bond acceptors (Lipinski definition) is 4. The zero-order valence-corrected chi connectivity index (χ0v) is 13.4. The minimum Gasteiger partial charge on any atom is -0.378 e. The van der Waals surface area contributed by atoms with Crippen molar-refractivity contribution in [3.05, 3.63) is 58.7 Å². The van der Waals surface area contributed by atoms with Crippen LogP contribution in [0.5, 0.6) is 0 Å². The van der Waals surface area contributed by atoms with E-state index < -0.39 is 0 Å². The summed E-state index contributed by atoms with van der Waals surface area (Å²) in [5, 5.41) is 3.56. The molecule has 1 amide bonds. The first-order valence-corrected chi connectivity index (χ1v) is 7.91. The Balaban J connectivity index is 1.57. The zero-order valence-electron chi connectivity index (χ0n) is 12.7. The second-order valence-electron chi connectivity index (χ2n) is 5.31. The summed E-state index contributed by atoms with van der Waals surface area (Å²) in [5.41, 5.74) is 1.55. The van der Waals surface area contributed by atoms with Crippen LogP contribution in [0.4, 0.5) is 5.82 Å². The molecular weight excluding hydrogens is 314 g/mol. The molecule has 0 unspecified atom stereocenters. The Hall–Kier alpha value is -2.11. The van der Waals surface area contributed by atoms with Crippen LogP contribution in [0, 0.1) is 0 Å². The van der Waals surface area contributed by atoms with Crippen molar-refractivity contribution in [2.45, 2.75) is 6.54 Å². The number of benzene rings is 1. The maximum absolute atomic E-state index is 12.2.